The molecule has 1 N–H and O–H groups in total. The summed E-state index contributed by atoms with van der Waals surface area (Å²) in [7, 11) is 1.15. The van der Waals surface area contributed by atoms with Crippen LogP contribution in [0.25, 0.3) is 0 Å². The van der Waals surface area contributed by atoms with Gasteiger partial charge in [-0.1, -0.05) is 17.7 Å². The monoisotopic (exact) mass is 243 g/mol. The van der Waals surface area contributed by atoms with Gasteiger partial charge in [-0.3, -0.25) is 9.59 Å². The molecule has 6 heteroatoms. The molecule has 1 atom stereocenters. The number of carbonyl (C=O) groups is 2. The molecule has 0 fully saturated rings. The minimum absolute atomic E-state index is 0.0339. The van der Waals surface area contributed by atoms with Crippen molar-refractivity contribution in [2.24, 2.45) is 5.92 Å². The Balaban J connectivity index is 2.80. The van der Waals surface area contributed by atoms with Crippen molar-refractivity contribution < 1.29 is 19.4 Å². The van der Waals surface area contributed by atoms with E-state index in [1.165, 1.54) is 12.3 Å². The van der Waals surface area contributed by atoms with Crippen molar-refractivity contribution >= 4 is 23.5 Å². The first-order chi connectivity index (χ1) is 7.54. The number of methoxy groups -OCH3 is 1. The van der Waals surface area contributed by atoms with E-state index in [9.17, 15) is 9.59 Å². The fourth-order valence-corrected chi connectivity index (χ4v) is 1.29. The van der Waals surface area contributed by atoms with Crippen LogP contribution in [0.1, 0.15) is 5.56 Å². The van der Waals surface area contributed by atoms with Crippen molar-refractivity contribution in [2.45, 2.75) is 6.42 Å². The summed E-state index contributed by atoms with van der Waals surface area (Å²) in [5, 5.41) is 9.16. The lowest BCUT2D eigenvalue weighted by atomic mass is 10.0. The normalized spacial score (nSPS) is 11.9. The van der Waals surface area contributed by atoms with E-state index in [2.05, 4.69) is 9.72 Å². The van der Waals surface area contributed by atoms with E-state index in [4.69, 9.17) is 16.7 Å². The minimum Gasteiger partial charge on any atom is -0.481 e. The smallest absolute Gasteiger partial charge is 0.320 e. The molecule has 5 nitrogen and oxygen atoms in total. The Morgan fingerprint density at radius 1 is 1.56 bits per heavy atom. The lowest BCUT2D eigenvalue weighted by Gasteiger charge is -2.09. The first-order valence-corrected chi connectivity index (χ1v) is 4.83. The highest BCUT2D eigenvalue weighted by Gasteiger charge is 2.27. The van der Waals surface area contributed by atoms with Crippen molar-refractivity contribution in [2.75, 3.05) is 7.11 Å². The van der Waals surface area contributed by atoms with Crippen LogP contribution in [0.15, 0.2) is 18.3 Å². The molecular weight excluding hydrogens is 234 g/mol. The first kappa shape index (κ1) is 12.4. The van der Waals surface area contributed by atoms with Gasteiger partial charge in [0.1, 0.15) is 5.15 Å². The number of aromatic nitrogens is 1. The van der Waals surface area contributed by atoms with Gasteiger partial charge in [0.15, 0.2) is 5.92 Å². The molecule has 0 saturated heterocycles. The lowest BCUT2D eigenvalue weighted by Crippen LogP contribution is -2.27. The Hall–Kier alpha value is -1.62. The summed E-state index contributed by atoms with van der Waals surface area (Å²) in [6.07, 6.45) is 1.47. The maximum absolute atomic E-state index is 11.2. The highest BCUT2D eigenvalue weighted by Crippen LogP contribution is 2.12. The van der Waals surface area contributed by atoms with E-state index < -0.39 is 17.9 Å². The van der Waals surface area contributed by atoms with E-state index >= 15 is 0 Å². The summed E-state index contributed by atoms with van der Waals surface area (Å²) < 4.78 is 4.40. The molecule has 1 heterocycles. The number of carboxylic acids is 1. The molecule has 86 valence electrons. The Morgan fingerprint density at radius 3 is 2.69 bits per heavy atom. The van der Waals surface area contributed by atoms with Gasteiger partial charge in [0.05, 0.1) is 7.11 Å². The zero-order chi connectivity index (χ0) is 12.1. The van der Waals surface area contributed by atoms with Crippen LogP contribution in [0.3, 0.4) is 0 Å². The van der Waals surface area contributed by atoms with Gasteiger partial charge in [-0.25, -0.2) is 4.98 Å². The van der Waals surface area contributed by atoms with Crippen LogP contribution in [0, 0.1) is 5.92 Å². The summed E-state index contributed by atoms with van der Waals surface area (Å²) in [5.74, 6) is -3.21. The highest BCUT2D eigenvalue weighted by molar-refractivity contribution is 6.29. The van der Waals surface area contributed by atoms with E-state index in [1.54, 1.807) is 6.07 Å². The largest absolute Gasteiger partial charge is 0.481 e. The van der Waals surface area contributed by atoms with Crippen molar-refractivity contribution in [3.05, 3.63) is 29.0 Å². The molecule has 0 aliphatic rings. The topological polar surface area (TPSA) is 76.5 Å². The average molecular weight is 244 g/mol. The number of aliphatic carboxylic acids is 1. The maximum Gasteiger partial charge on any atom is 0.320 e. The number of hydrogen-bond acceptors (Lipinski definition) is 4. The minimum atomic E-state index is -1.22. The van der Waals surface area contributed by atoms with Crippen LogP contribution in [0.4, 0.5) is 0 Å². The van der Waals surface area contributed by atoms with Gasteiger partial charge < -0.3 is 9.84 Å². The van der Waals surface area contributed by atoms with Crippen molar-refractivity contribution in [3.8, 4) is 0 Å². The second kappa shape index (κ2) is 5.46. The number of carboxylic acid groups (broad SMARTS) is 1. The quantitative estimate of drug-likeness (QED) is 0.488. The molecule has 16 heavy (non-hydrogen) atoms. The van der Waals surface area contributed by atoms with Gasteiger partial charge in [0, 0.05) is 6.20 Å². The van der Waals surface area contributed by atoms with Crippen LogP contribution in [0.5, 0.6) is 0 Å². The Bertz CT molecular complexity index is 390. The molecule has 0 saturated carbocycles. The molecule has 0 aliphatic heterocycles. The molecular formula is C10H10ClNO4. The highest BCUT2D eigenvalue weighted by atomic mass is 35.5. The Kier molecular flexibility index (Phi) is 4.25. The number of ether oxygens (including phenoxy) is 1. The zero-order valence-corrected chi connectivity index (χ0v) is 9.27. The Morgan fingerprint density at radius 2 is 2.25 bits per heavy atom. The SMILES string of the molecule is COC(=O)C(Cc1ccc(Cl)nc1)C(=O)O. The van der Waals surface area contributed by atoms with Crippen LogP contribution in [-0.2, 0) is 20.7 Å². The molecule has 1 unspecified atom stereocenters. The van der Waals surface area contributed by atoms with E-state index in [0.29, 0.717) is 10.7 Å². The second-order valence-corrected chi connectivity index (χ2v) is 3.49. The fourth-order valence-electron chi connectivity index (χ4n) is 1.18. The van der Waals surface area contributed by atoms with Crippen LogP contribution < -0.4 is 0 Å². The molecule has 0 aromatic carbocycles. The van der Waals surface area contributed by atoms with Gasteiger partial charge in [-0.15, -0.1) is 0 Å². The van der Waals surface area contributed by atoms with Gasteiger partial charge in [-0.2, -0.15) is 0 Å². The summed E-state index contributed by atoms with van der Waals surface area (Å²) in [6, 6.07) is 3.15. The van der Waals surface area contributed by atoms with E-state index in [-0.39, 0.29) is 6.42 Å². The number of halogens is 1. The standard InChI is InChI=1S/C10H10ClNO4/c1-16-10(15)7(9(13)14)4-6-2-3-8(11)12-5-6/h2-3,5,7H,4H2,1H3,(H,13,14). The Labute approximate surface area is 97.0 Å². The summed E-state index contributed by atoms with van der Waals surface area (Å²) in [5.41, 5.74) is 0.613. The fraction of sp³-hybridized carbons (Fsp3) is 0.300. The van der Waals surface area contributed by atoms with E-state index in [1.807, 2.05) is 0 Å². The molecule has 0 amide bonds. The van der Waals surface area contributed by atoms with Crippen LogP contribution in [-0.4, -0.2) is 29.1 Å². The number of pyridine rings is 1. The molecule has 1 aromatic rings. The van der Waals surface area contributed by atoms with Crippen molar-refractivity contribution in [1.82, 2.24) is 4.98 Å². The van der Waals surface area contributed by atoms with E-state index in [0.717, 1.165) is 7.11 Å². The molecule has 1 aromatic heterocycles. The predicted molar refractivity (Wildman–Crippen MR) is 56.1 cm³/mol. The first-order valence-electron chi connectivity index (χ1n) is 4.45. The third-order valence-corrected chi connectivity index (χ3v) is 2.24. The van der Waals surface area contributed by atoms with Crippen molar-refractivity contribution in [1.29, 1.82) is 0 Å². The van der Waals surface area contributed by atoms with Crippen molar-refractivity contribution in [3.63, 3.8) is 0 Å². The number of nitrogens with zero attached hydrogens (tertiary/aromatic N) is 1. The molecule has 0 radical (unpaired) electrons. The summed E-state index contributed by atoms with van der Waals surface area (Å²) in [6.45, 7) is 0. The second-order valence-electron chi connectivity index (χ2n) is 3.11. The van der Waals surface area contributed by atoms with Crippen LogP contribution in [0.2, 0.25) is 5.15 Å². The third-order valence-electron chi connectivity index (χ3n) is 2.01. The molecule has 0 bridgehead atoms. The van der Waals surface area contributed by atoms with Gasteiger partial charge in [0.25, 0.3) is 0 Å². The molecule has 1 rings (SSSR count). The van der Waals surface area contributed by atoms with Gasteiger partial charge >= 0.3 is 11.9 Å². The average Bonchev–Trinajstić information content (AvgIpc) is 2.27. The number of carbonyl (C=O) groups excluding carboxylic acids is 1. The van der Waals surface area contributed by atoms with Gasteiger partial charge in [-0.05, 0) is 18.1 Å². The van der Waals surface area contributed by atoms with Crippen LogP contribution >= 0.6 is 11.6 Å². The number of rotatable bonds is 4. The maximum atomic E-state index is 11.2. The summed E-state index contributed by atoms with van der Waals surface area (Å²) in [4.78, 5) is 25.8. The number of esters is 1. The lowest BCUT2D eigenvalue weighted by molar-refractivity contribution is -0.156. The third kappa shape index (κ3) is 3.20. The summed E-state index contributed by atoms with van der Waals surface area (Å²) >= 11 is 5.58. The van der Waals surface area contributed by atoms with Gasteiger partial charge in [0.2, 0.25) is 0 Å². The molecule has 0 aliphatic carbocycles. The molecule has 0 spiro atoms. The number of hydrogen-bond donors (Lipinski definition) is 1. The predicted octanol–water partition coefficient (Wildman–Crippen LogP) is 1.15. The zero-order valence-electron chi connectivity index (χ0n) is 8.51.